The molecular weight excluding hydrogens is 686 g/mol. The zero-order valence-electron chi connectivity index (χ0n) is 33.9. The van der Waals surface area contributed by atoms with Crippen LogP contribution < -0.4 is 5.73 Å². The highest BCUT2D eigenvalue weighted by Gasteiger charge is 2.53. The molecule has 6 atom stereocenters. The molecule has 0 radical (unpaired) electrons. The lowest BCUT2D eigenvalue weighted by atomic mass is 9.93. The number of ether oxygens (including phenoxy) is 2. The Bertz CT molecular complexity index is 1140. The van der Waals surface area contributed by atoms with Crippen molar-refractivity contribution in [3.8, 4) is 0 Å². The minimum atomic E-state index is -1.75. The topological polar surface area (TPSA) is 163 Å². The summed E-state index contributed by atoms with van der Waals surface area (Å²) in [6.45, 7) is 5.32. The van der Waals surface area contributed by atoms with Crippen molar-refractivity contribution in [3.63, 3.8) is 0 Å². The maximum absolute atomic E-state index is 14.1. The van der Waals surface area contributed by atoms with Crippen LogP contribution in [0.3, 0.4) is 0 Å². The Balaban J connectivity index is 2.23. The van der Waals surface area contributed by atoms with Crippen LogP contribution in [0.25, 0.3) is 0 Å². The predicted octanol–water partition coefficient (Wildman–Crippen LogP) is 7.76. The number of hydrogen-bond donors (Lipinski definition) is 4. The number of rotatable bonds is 29. The Morgan fingerprint density at radius 1 is 0.741 bits per heavy atom. The molecule has 0 aliphatic carbocycles. The van der Waals surface area contributed by atoms with Crippen molar-refractivity contribution in [2.24, 2.45) is 5.73 Å². The Kier molecular flexibility index (Phi) is 25.4. The molecule has 0 bridgehead atoms. The fraction of sp³-hybridized carbons (Fsp3) is 0.791. The number of nitrogens with two attached hydrogens (primary N) is 1. The van der Waals surface area contributed by atoms with Crippen LogP contribution in [0.15, 0.2) is 30.3 Å². The number of aliphatic hydroxyl groups excluding tert-OH is 3. The smallest absolute Gasteiger partial charge is 0.417 e. The molecule has 1 aliphatic heterocycles. The number of carbonyl (C=O) groups excluding carboxylic acids is 3. The van der Waals surface area contributed by atoms with E-state index in [4.69, 9.17) is 15.2 Å². The number of benzene rings is 1. The lowest BCUT2D eigenvalue weighted by molar-refractivity contribution is -0.244. The van der Waals surface area contributed by atoms with Crippen LogP contribution >= 0.6 is 0 Å². The Labute approximate surface area is 326 Å². The number of nitrogens with zero attached hydrogens (tertiary/aromatic N) is 2. The van der Waals surface area contributed by atoms with Gasteiger partial charge in [0.05, 0.1) is 12.6 Å². The third kappa shape index (κ3) is 17.5. The molecular formula is C43H75N3O8. The van der Waals surface area contributed by atoms with Gasteiger partial charge in [-0.05, 0) is 25.3 Å². The van der Waals surface area contributed by atoms with Gasteiger partial charge in [0.25, 0.3) is 0 Å². The summed E-state index contributed by atoms with van der Waals surface area (Å²) < 4.78 is 11.8. The number of carbonyl (C=O) groups is 3. The van der Waals surface area contributed by atoms with E-state index in [1.54, 1.807) is 24.3 Å². The molecule has 0 unspecified atom stereocenters. The summed E-state index contributed by atoms with van der Waals surface area (Å²) in [5, 5.41) is 32.8. The molecule has 3 amide bonds. The molecule has 1 saturated heterocycles. The number of unbranched alkanes of at least 4 members (excludes halogenated alkanes) is 19. The first-order chi connectivity index (χ1) is 26.2. The molecule has 1 heterocycles. The van der Waals surface area contributed by atoms with Crippen LogP contribution in [-0.2, 0) is 25.7 Å². The number of hydrogen-bond acceptors (Lipinski definition) is 9. The van der Waals surface area contributed by atoms with E-state index >= 15 is 0 Å². The Morgan fingerprint density at radius 2 is 1.22 bits per heavy atom. The van der Waals surface area contributed by atoms with Crippen molar-refractivity contribution in [1.29, 1.82) is 0 Å². The average molecular weight is 762 g/mol. The number of amides is 3. The van der Waals surface area contributed by atoms with Gasteiger partial charge in [-0.3, -0.25) is 9.59 Å². The molecule has 310 valence electrons. The lowest BCUT2D eigenvalue weighted by Gasteiger charge is -2.49. The van der Waals surface area contributed by atoms with E-state index in [0.29, 0.717) is 23.3 Å². The van der Waals surface area contributed by atoms with Gasteiger partial charge >= 0.3 is 6.09 Å². The highest BCUT2D eigenvalue weighted by molar-refractivity contribution is 5.95. The summed E-state index contributed by atoms with van der Waals surface area (Å²) in [6.07, 6.45) is 16.7. The average Bonchev–Trinajstić information content (AvgIpc) is 3.17. The molecule has 0 aromatic heterocycles. The third-order valence-corrected chi connectivity index (χ3v) is 10.6. The second-order valence-corrected chi connectivity index (χ2v) is 15.3. The SMILES string of the molecule is CCCCCCCCCCCCCCN(C(=O)CCCCCCCCCCC)[C@@H]1O[C@H](CO)[C@@H](O)[C@H](O)[C@H]1N(C(=O)OCc1ccccc1)C(=O)[C@@H](C)N. The molecule has 0 saturated carbocycles. The van der Waals surface area contributed by atoms with Gasteiger partial charge in [0.2, 0.25) is 11.8 Å². The van der Waals surface area contributed by atoms with Gasteiger partial charge in [0.1, 0.15) is 31.0 Å². The summed E-state index contributed by atoms with van der Waals surface area (Å²) in [7, 11) is 0. The Morgan fingerprint density at radius 3 is 1.70 bits per heavy atom. The fourth-order valence-electron chi connectivity index (χ4n) is 7.23. The monoisotopic (exact) mass is 762 g/mol. The molecule has 1 aromatic carbocycles. The van der Waals surface area contributed by atoms with E-state index in [2.05, 4.69) is 13.8 Å². The van der Waals surface area contributed by atoms with E-state index in [-0.39, 0.29) is 25.5 Å². The largest absolute Gasteiger partial charge is 0.444 e. The first-order valence-electron chi connectivity index (χ1n) is 21.4. The summed E-state index contributed by atoms with van der Waals surface area (Å²) in [6, 6.07) is 6.24. The first-order valence-corrected chi connectivity index (χ1v) is 21.4. The van der Waals surface area contributed by atoms with Gasteiger partial charge in [0, 0.05) is 13.0 Å². The first kappa shape index (κ1) is 47.6. The molecule has 0 spiro atoms. The van der Waals surface area contributed by atoms with E-state index in [0.717, 1.165) is 38.5 Å². The molecule has 1 aromatic rings. The van der Waals surface area contributed by atoms with Crippen LogP contribution in [-0.4, -0.2) is 92.8 Å². The highest BCUT2D eigenvalue weighted by atomic mass is 16.6. The van der Waals surface area contributed by atoms with Crippen molar-refractivity contribution in [3.05, 3.63) is 35.9 Å². The van der Waals surface area contributed by atoms with Gasteiger partial charge < -0.3 is 35.4 Å². The zero-order chi connectivity index (χ0) is 39.6. The molecule has 1 aliphatic rings. The van der Waals surface area contributed by atoms with Gasteiger partial charge in [0.15, 0.2) is 6.23 Å². The molecule has 2 rings (SSSR count). The second-order valence-electron chi connectivity index (χ2n) is 15.3. The van der Waals surface area contributed by atoms with Crippen molar-refractivity contribution >= 4 is 17.9 Å². The zero-order valence-corrected chi connectivity index (χ0v) is 33.9. The number of aliphatic hydroxyl groups is 3. The Hall–Kier alpha value is -2.57. The second kappa shape index (κ2) is 28.8. The summed E-state index contributed by atoms with van der Waals surface area (Å²) in [5.74, 6) is -1.08. The highest BCUT2D eigenvalue weighted by Crippen LogP contribution is 2.30. The number of imide groups is 1. The molecule has 11 nitrogen and oxygen atoms in total. The van der Waals surface area contributed by atoms with Gasteiger partial charge in [-0.2, -0.15) is 0 Å². The van der Waals surface area contributed by atoms with E-state index in [9.17, 15) is 29.7 Å². The van der Waals surface area contributed by atoms with Gasteiger partial charge in [-0.15, -0.1) is 0 Å². The molecule has 54 heavy (non-hydrogen) atoms. The van der Waals surface area contributed by atoms with Crippen LogP contribution in [0.1, 0.15) is 168 Å². The van der Waals surface area contributed by atoms with E-state index in [1.807, 2.05) is 6.07 Å². The van der Waals surface area contributed by atoms with Crippen LogP contribution in [0, 0.1) is 0 Å². The summed E-state index contributed by atoms with van der Waals surface area (Å²) >= 11 is 0. The van der Waals surface area contributed by atoms with Crippen molar-refractivity contribution in [2.45, 2.75) is 205 Å². The van der Waals surface area contributed by atoms with E-state index in [1.165, 1.54) is 95.3 Å². The van der Waals surface area contributed by atoms with Crippen LogP contribution in [0.4, 0.5) is 4.79 Å². The van der Waals surface area contributed by atoms with Crippen molar-refractivity contribution < 1.29 is 39.2 Å². The third-order valence-electron chi connectivity index (χ3n) is 10.6. The standard InChI is InChI=1S/C43H75N3O8/c1-4-6-8-10-12-14-15-16-18-20-22-27-31-45(37(48)30-26-21-19-17-13-11-9-7-5-2)42-38(40(50)39(49)36(32-47)54-42)46(41(51)34(3)44)43(52)53-33-35-28-24-23-25-29-35/h23-25,28-29,34,36,38-40,42,47,49-50H,4-22,26-27,30-33,44H2,1-3H3/t34-,36-,38-,39-,40-,42-/m1/s1. The summed E-state index contributed by atoms with van der Waals surface area (Å²) in [5.41, 5.74) is 6.70. The van der Waals surface area contributed by atoms with Gasteiger partial charge in [-0.1, -0.05) is 166 Å². The molecule has 5 N–H and O–H groups in total. The maximum atomic E-state index is 14.1. The quantitative estimate of drug-likeness (QED) is 0.0598. The normalized spacial score (nSPS) is 20.4. The fourth-order valence-corrected chi connectivity index (χ4v) is 7.23. The maximum Gasteiger partial charge on any atom is 0.417 e. The minimum Gasteiger partial charge on any atom is -0.444 e. The van der Waals surface area contributed by atoms with Crippen molar-refractivity contribution in [1.82, 2.24) is 9.80 Å². The van der Waals surface area contributed by atoms with Crippen LogP contribution in [0.2, 0.25) is 0 Å². The van der Waals surface area contributed by atoms with Gasteiger partial charge in [-0.25, -0.2) is 9.69 Å². The van der Waals surface area contributed by atoms with Crippen LogP contribution in [0.5, 0.6) is 0 Å². The molecule has 1 fully saturated rings. The molecule has 11 heteroatoms. The summed E-state index contributed by atoms with van der Waals surface area (Å²) in [4.78, 5) is 43.7. The van der Waals surface area contributed by atoms with Crippen molar-refractivity contribution in [2.75, 3.05) is 13.2 Å². The van der Waals surface area contributed by atoms with E-state index < -0.39 is 55.2 Å². The lowest BCUT2D eigenvalue weighted by Crippen LogP contribution is -2.71. The minimum absolute atomic E-state index is 0.154. The predicted molar refractivity (Wildman–Crippen MR) is 213 cm³/mol.